The van der Waals surface area contributed by atoms with E-state index in [1.165, 1.54) is 12.1 Å². The van der Waals surface area contributed by atoms with Crippen molar-refractivity contribution in [2.75, 3.05) is 16.2 Å². The molecule has 0 bridgehead atoms. The molecule has 0 atom stereocenters. The van der Waals surface area contributed by atoms with Crippen molar-refractivity contribution >= 4 is 64.8 Å². The largest absolute Gasteiger partial charge is 0.324 e. The highest BCUT2D eigenvalue weighted by atomic mass is 79.9. The number of sulfonamides is 1. The van der Waals surface area contributed by atoms with E-state index in [1.807, 2.05) is 13.8 Å². The van der Waals surface area contributed by atoms with Gasteiger partial charge in [0.2, 0.25) is 5.91 Å². The molecule has 1 heterocycles. The highest BCUT2D eigenvalue weighted by Gasteiger charge is 2.27. The number of nitrogens with zero attached hydrogens (tertiary/aromatic N) is 2. The number of thiazole rings is 1. The summed E-state index contributed by atoms with van der Waals surface area (Å²) < 4.78 is 31.0. The van der Waals surface area contributed by atoms with Crippen LogP contribution < -0.4 is 14.5 Å². The maximum atomic E-state index is 13.4. The van der Waals surface area contributed by atoms with Gasteiger partial charge in [-0.25, -0.2) is 8.42 Å². The van der Waals surface area contributed by atoms with Gasteiger partial charge in [0.15, 0.2) is 0 Å². The first-order chi connectivity index (χ1) is 16.2. The van der Waals surface area contributed by atoms with Crippen LogP contribution in [0.3, 0.4) is 0 Å². The van der Waals surface area contributed by atoms with Crippen LogP contribution in [0.2, 0.25) is 0 Å². The summed E-state index contributed by atoms with van der Waals surface area (Å²) in [7, 11) is -4.00. The third kappa shape index (κ3) is 4.94. The lowest BCUT2D eigenvalue weighted by molar-refractivity contribution is -0.114. The zero-order valence-corrected chi connectivity index (χ0v) is 21.7. The van der Waals surface area contributed by atoms with E-state index in [4.69, 9.17) is 0 Å². The molecule has 3 aromatic carbocycles. The average molecular weight is 560 g/mol. The van der Waals surface area contributed by atoms with Crippen LogP contribution in [0.25, 0.3) is 10.2 Å². The van der Waals surface area contributed by atoms with E-state index in [-0.39, 0.29) is 15.8 Å². The van der Waals surface area contributed by atoms with Gasteiger partial charge in [0.25, 0.3) is 10.0 Å². The van der Waals surface area contributed by atoms with Crippen LogP contribution in [0.4, 0.5) is 11.4 Å². The Balaban J connectivity index is 1.64. The van der Waals surface area contributed by atoms with Gasteiger partial charge in [-0.3, -0.25) is 18.5 Å². The average Bonchev–Trinajstić information content (AvgIpc) is 3.13. The number of hydrogen-bond donors (Lipinski definition) is 1. The number of benzene rings is 3. The lowest BCUT2D eigenvalue weighted by Gasteiger charge is -2.24. The number of carbonyl (C=O) groups is 1. The van der Waals surface area contributed by atoms with Crippen molar-refractivity contribution in [1.29, 1.82) is 0 Å². The summed E-state index contributed by atoms with van der Waals surface area (Å²) in [5.74, 6) is -0.505. The zero-order chi connectivity index (χ0) is 24.5. The Morgan fingerprint density at radius 3 is 2.47 bits per heavy atom. The number of hydrogen-bond acceptors (Lipinski definition) is 5. The molecule has 176 valence electrons. The van der Waals surface area contributed by atoms with Crippen LogP contribution in [0.5, 0.6) is 0 Å². The summed E-state index contributed by atoms with van der Waals surface area (Å²) in [5, 5.41) is 2.77. The lowest BCUT2D eigenvalue weighted by atomic mass is 10.2. The van der Waals surface area contributed by atoms with Crippen LogP contribution in [-0.4, -0.2) is 25.4 Å². The van der Waals surface area contributed by atoms with Gasteiger partial charge in [0.05, 0.1) is 20.8 Å². The van der Waals surface area contributed by atoms with Crippen molar-refractivity contribution in [3.8, 4) is 0 Å². The smallest absolute Gasteiger partial charge is 0.308 e. The molecule has 4 rings (SSSR count). The molecule has 0 saturated heterocycles. The molecule has 34 heavy (non-hydrogen) atoms. The van der Waals surface area contributed by atoms with Crippen molar-refractivity contribution < 1.29 is 13.2 Å². The van der Waals surface area contributed by atoms with Crippen molar-refractivity contribution in [2.24, 2.45) is 0 Å². The lowest BCUT2D eigenvalue weighted by Crippen LogP contribution is -2.38. The minimum atomic E-state index is -4.00. The number of nitrogens with one attached hydrogen (secondary N) is 1. The highest BCUT2D eigenvalue weighted by molar-refractivity contribution is 9.10. The topological polar surface area (TPSA) is 88.5 Å². The fourth-order valence-corrected chi connectivity index (χ4v) is 6.47. The van der Waals surface area contributed by atoms with Gasteiger partial charge < -0.3 is 5.32 Å². The minimum Gasteiger partial charge on any atom is -0.324 e. The van der Waals surface area contributed by atoms with E-state index in [0.717, 1.165) is 25.9 Å². The Bertz CT molecular complexity index is 1510. The van der Waals surface area contributed by atoms with E-state index in [0.29, 0.717) is 15.8 Å². The first kappa shape index (κ1) is 24.2. The molecule has 0 aliphatic carbocycles. The molecule has 0 aliphatic heterocycles. The predicted molar refractivity (Wildman–Crippen MR) is 140 cm³/mol. The molecular formula is C24H22BrN3O4S2. The molecule has 10 heteroatoms. The molecule has 0 unspecified atom stereocenters. The molecule has 0 fully saturated rings. The Labute approximate surface area is 209 Å². The molecule has 0 saturated carbocycles. The minimum absolute atomic E-state index is 0.0173. The predicted octanol–water partition coefficient (Wildman–Crippen LogP) is 5.24. The Morgan fingerprint density at radius 2 is 1.79 bits per heavy atom. The molecule has 7 nitrogen and oxygen atoms in total. The zero-order valence-electron chi connectivity index (χ0n) is 18.4. The fourth-order valence-electron chi connectivity index (χ4n) is 3.60. The summed E-state index contributed by atoms with van der Waals surface area (Å²) in [6.07, 6.45) is 0. The first-order valence-electron chi connectivity index (χ1n) is 10.4. The summed E-state index contributed by atoms with van der Waals surface area (Å²) in [5.41, 5.74) is 1.64. The Kier molecular flexibility index (Phi) is 6.92. The third-order valence-corrected chi connectivity index (χ3v) is 8.33. The Hall–Kier alpha value is -2.95. The summed E-state index contributed by atoms with van der Waals surface area (Å²) in [6, 6.07) is 20.0. The number of carbonyl (C=O) groups excluding carboxylic acids is 1. The molecule has 0 radical (unpaired) electrons. The number of amides is 1. The number of rotatable bonds is 7. The summed E-state index contributed by atoms with van der Waals surface area (Å²) >= 11 is 4.47. The van der Waals surface area contributed by atoms with E-state index < -0.39 is 22.5 Å². The number of aromatic nitrogens is 1. The van der Waals surface area contributed by atoms with Crippen molar-refractivity contribution in [1.82, 2.24) is 4.57 Å². The second kappa shape index (κ2) is 9.73. The van der Waals surface area contributed by atoms with Gasteiger partial charge in [0, 0.05) is 16.2 Å². The molecule has 4 aromatic rings. The maximum absolute atomic E-state index is 13.4. The number of fused-ring (bicyclic) bond motifs is 1. The maximum Gasteiger partial charge on any atom is 0.308 e. The monoisotopic (exact) mass is 559 g/mol. The van der Waals surface area contributed by atoms with Crippen LogP contribution in [0, 0.1) is 0 Å². The molecule has 1 aromatic heterocycles. The van der Waals surface area contributed by atoms with Gasteiger partial charge in [-0.1, -0.05) is 51.5 Å². The van der Waals surface area contributed by atoms with Gasteiger partial charge in [-0.05, 0) is 62.4 Å². The van der Waals surface area contributed by atoms with Crippen LogP contribution >= 0.6 is 27.3 Å². The van der Waals surface area contributed by atoms with Crippen molar-refractivity contribution in [3.63, 3.8) is 0 Å². The molecule has 1 N–H and O–H groups in total. The van der Waals surface area contributed by atoms with E-state index in [2.05, 4.69) is 21.2 Å². The first-order valence-corrected chi connectivity index (χ1v) is 13.5. The number of anilines is 2. The standard InChI is InChI=1S/C24H22BrN3O4S2/c1-16(2)28-21-12-11-18(14-22(21)33-24(28)30)26-23(29)15-27(19-8-6-7-17(25)13-19)34(31,32)20-9-4-3-5-10-20/h3-14,16H,15H2,1-2H3,(H,26,29). The van der Waals surface area contributed by atoms with E-state index >= 15 is 0 Å². The van der Waals surface area contributed by atoms with Gasteiger partial charge in [-0.2, -0.15) is 0 Å². The SMILES string of the molecule is CC(C)n1c(=O)sc2cc(NC(=O)CN(c3cccc(Br)c3)S(=O)(=O)c3ccccc3)ccc21. The second-order valence-electron chi connectivity index (χ2n) is 7.87. The van der Waals surface area contributed by atoms with Crippen LogP contribution in [0.15, 0.2) is 87.0 Å². The highest BCUT2D eigenvalue weighted by Crippen LogP contribution is 2.27. The third-order valence-electron chi connectivity index (χ3n) is 5.13. The van der Waals surface area contributed by atoms with Crippen molar-refractivity contribution in [2.45, 2.75) is 24.8 Å². The van der Waals surface area contributed by atoms with Crippen LogP contribution in [0.1, 0.15) is 19.9 Å². The van der Waals surface area contributed by atoms with Crippen LogP contribution in [-0.2, 0) is 14.8 Å². The molecule has 0 aliphatic rings. The molecule has 0 spiro atoms. The number of halogens is 1. The van der Waals surface area contributed by atoms with Gasteiger partial charge in [-0.15, -0.1) is 0 Å². The van der Waals surface area contributed by atoms with E-state index in [9.17, 15) is 18.0 Å². The van der Waals surface area contributed by atoms with E-state index in [1.54, 1.807) is 65.2 Å². The molecule has 1 amide bonds. The quantitative estimate of drug-likeness (QED) is 0.335. The fraction of sp³-hybridized carbons (Fsp3) is 0.167. The summed E-state index contributed by atoms with van der Waals surface area (Å²) in [4.78, 5) is 25.3. The van der Waals surface area contributed by atoms with Gasteiger partial charge in [0.1, 0.15) is 6.54 Å². The normalized spacial score (nSPS) is 11.6. The van der Waals surface area contributed by atoms with Gasteiger partial charge >= 0.3 is 4.87 Å². The summed E-state index contributed by atoms with van der Waals surface area (Å²) in [6.45, 7) is 3.45. The van der Waals surface area contributed by atoms with Crippen molar-refractivity contribution in [3.05, 3.63) is 86.9 Å². The Morgan fingerprint density at radius 1 is 1.06 bits per heavy atom. The molecular weight excluding hydrogens is 538 g/mol. The second-order valence-corrected chi connectivity index (χ2v) is 11.6.